The Morgan fingerprint density at radius 2 is 2.15 bits per heavy atom. The maximum Gasteiger partial charge on any atom is 0.293 e. The van der Waals surface area contributed by atoms with Gasteiger partial charge in [0.05, 0.1) is 4.92 Å². The molecule has 0 radical (unpaired) electrons. The third-order valence-electron chi connectivity index (χ3n) is 2.53. The van der Waals surface area contributed by atoms with Crippen LogP contribution in [0.4, 0.5) is 11.4 Å². The number of nitrogens with zero attached hydrogens (tertiary/aromatic N) is 1. The van der Waals surface area contributed by atoms with Gasteiger partial charge in [-0.25, -0.2) is 0 Å². The van der Waals surface area contributed by atoms with Gasteiger partial charge in [-0.05, 0) is 18.1 Å². The van der Waals surface area contributed by atoms with E-state index in [2.05, 4.69) is 10.6 Å². The lowest BCUT2D eigenvalue weighted by molar-refractivity contribution is -0.383. The number of nitrogens with one attached hydrogen (secondary N) is 2. The van der Waals surface area contributed by atoms with Crippen LogP contribution in [0.2, 0.25) is 5.02 Å². The summed E-state index contributed by atoms with van der Waals surface area (Å²) >= 11 is 5.72. The van der Waals surface area contributed by atoms with Gasteiger partial charge in [0.1, 0.15) is 5.69 Å². The molecule has 7 heteroatoms. The minimum Gasteiger partial charge on any atom is -0.379 e. The van der Waals surface area contributed by atoms with E-state index in [0.717, 1.165) is 0 Å². The number of carbonyl (C=O) groups excluding carboxylic acids is 1. The Morgan fingerprint density at radius 1 is 1.45 bits per heavy atom. The van der Waals surface area contributed by atoms with E-state index in [9.17, 15) is 14.9 Å². The highest BCUT2D eigenvalue weighted by atomic mass is 35.5. The van der Waals surface area contributed by atoms with Crippen LogP contribution < -0.4 is 10.6 Å². The van der Waals surface area contributed by atoms with Gasteiger partial charge in [0, 0.05) is 30.6 Å². The van der Waals surface area contributed by atoms with E-state index in [4.69, 9.17) is 11.6 Å². The zero-order chi connectivity index (χ0) is 15.1. The van der Waals surface area contributed by atoms with Gasteiger partial charge in [-0.1, -0.05) is 25.4 Å². The summed E-state index contributed by atoms with van der Waals surface area (Å²) in [5.41, 5.74) is 0.260. The molecule has 0 saturated carbocycles. The zero-order valence-electron chi connectivity index (χ0n) is 11.5. The molecule has 2 N–H and O–H groups in total. The van der Waals surface area contributed by atoms with E-state index in [0.29, 0.717) is 29.7 Å². The lowest BCUT2D eigenvalue weighted by Gasteiger charge is -2.09. The molecule has 0 atom stereocenters. The molecule has 0 fully saturated rings. The van der Waals surface area contributed by atoms with Crippen LogP contribution in [0.1, 0.15) is 20.3 Å². The average molecular weight is 300 g/mol. The van der Waals surface area contributed by atoms with Crippen LogP contribution in [-0.2, 0) is 4.79 Å². The molecule has 0 bridgehead atoms. The normalized spacial score (nSPS) is 10.4. The van der Waals surface area contributed by atoms with Gasteiger partial charge in [-0.2, -0.15) is 0 Å². The highest BCUT2D eigenvalue weighted by molar-refractivity contribution is 6.30. The standard InChI is InChI=1S/C13H18ClN3O3/c1-9(2)8-16-13(18)5-6-15-11-4-3-10(14)7-12(11)17(19)20/h3-4,7,9,15H,5-6,8H2,1-2H3,(H,16,18). The van der Waals surface area contributed by atoms with E-state index in [-0.39, 0.29) is 18.0 Å². The molecule has 0 spiro atoms. The quantitative estimate of drug-likeness (QED) is 0.599. The molecule has 0 aliphatic carbocycles. The van der Waals surface area contributed by atoms with E-state index >= 15 is 0 Å². The summed E-state index contributed by atoms with van der Waals surface area (Å²) in [6, 6.07) is 4.38. The molecular weight excluding hydrogens is 282 g/mol. The van der Waals surface area contributed by atoms with Gasteiger partial charge in [0.2, 0.25) is 5.91 Å². The molecule has 6 nitrogen and oxygen atoms in total. The third kappa shape index (κ3) is 5.44. The van der Waals surface area contributed by atoms with Crippen molar-refractivity contribution in [1.82, 2.24) is 5.32 Å². The van der Waals surface area contributed by atoms with Crippen molar-refractivity contribution in [2.75, 3.05) is 18.4 Å². The first-order valence-corrected chi connectivity index (χ1v) is 6.72. The second-order valence-electron chi connectivity index (χ2n) is 4.79. The second-order valence-corrected chi connectivity index (χ2v) is 5.23. The number of hydrogen-bond acceptors (Lipinski definition) is 4. The number of anilines is 1. The molecule has 0 aliphatic heterocycles. The van der Waals surface area contributed by atoms with Crippen molar-refractivity contribution in [1.29, 1.82) is 0 Å². The first kappa shape index (κ1) is 16.2. The number of amides is 1. The molecule has 1 aromatic carbocycles. The van der Waals surface area contributed by atoms with Gasteiger partial charge in [0.15, 0.2) is 0 Å². The Bertz CT molecular complexity index is 492. The highest BCUT2D eigenvalue weighted by Crippen LogP contribution is 2.27. The van der Waals surface area contributed by atoms with Gasteiger partial charge < -0.3 is 10.6 Å². The fourth-order valence-corrected chi connectivity index (χ4v) is 1.69. The summed E-state index contributed by atoms with van der Waals surface area (Å²) in [5, 5.41) is 16.8. The van der Waals surface area contributed by atoms with Crippen LogP contribution in [0.5, 0.6) is 0 Å². The van der Waals surface area contributed by atoms with Crippen LogP contribution in [0.25, 0.3) is 0 Å². The zero-order valence-corrected chi connectivity index (χ0v) is 12.2. The summed E-state index contributed by atoms with van der Waals surface area (Å²) in [4.78, 5) is 21.9. The Morgan fingerprint density at radius 3 is 2.75 bits per heavy atom. The average Bonchev–Trinajstić information content (AvgIpc) is 2.37. The van der Waals surface area contributed by atoms with Crippen LogP contribution in [0.3, 0.4) is 0 Å². The lowest BCUT2D eigenvalue weighted by atomic mass is 10.2. The molecule has 1 aromatic rings. The smallest absolute Gasteiger partial charge is 0.293 e. The Hall–Kier alpha value is -1.82. The Balaban J connectivity index is 2.50. The van der Waals surface area contributed by atoms with Crippen molar-refractivity contribution < 1.29 is 9.72 Å². The fourth-order valence-electron chi connectivity index (χ4n) is 1.52. The number of hydrogen-bond donors (Lipinski definition) is 2. The number of nitro groups is 1. The van der Waals surface area contributed by atoms with Gasteiger partial charge in [-0.3, -0.25) is 14.9 Å². The molecular formula is C13H18ClN3O3. The van der Waals surface area contributed by atoms with Crippen molar-refractivity contribution in [3.63, 3.8) is 0 Å². The number of benzene rings is 1. The van der Waals surface area contributed by atoms with Crippen molar-refractivity contribution in [2.24, 2.45) is 5.92 Å². The van der Waals surface area contributed by atoms with Crippen molar-refractivity contribution >= 4 is 28.9 Å². The Labute approximate surface area is 122 Å². The topological polar surface area (TPSA) is 84.3 Å². The minimum atomic E-state index is -0.507. The largest absolute Gasteiger partial charge is 0.379 e. The highest BCUT2D eigenvalue weighted by Gasteiger charge is 2.14. The van der Waals surface area contributed by atoms with Crippen molar-refractivity contribution in [3.8, 4) is 0 Å². The molecule has 0 unspecified atom stereocenters. The second kappa shape index (κ2) is 7.69. The predicted octanol–water partition coefficient (Wildman–Crippen LogP) is 2.82. The molecule has 0 saturated heterocycles. The summed E-state index contributed by atoms with van der Waals surface area (Å²) in [6.45, 7) is 4.97. The molecule has 20 heavy (non-hydrogen) atoms. The number of halogens is 1. The van der Waals surface area contributed by atoms with Gasteiger partial charge >= 0.3 is 0 Å². The SMILES string of the molecule is CC(C)CNC(=O)CCNc1ccc(Cl)cc1[N+](=O)[O-]. The lowest BCUT2D eigenvalue weighted by Crippen LogP contribution is -2.28. The van der Waals surface area contributed by atoms with E-state index < -0.39 is 4.92 Å². The van der Waals surface area contributed by atoms with E-state index in [1.165, 1.54) is 12.1 Å². The summed E-state index contributed by atoms with van der Waals surface area (Å²) < 4.78 is 0. The Kier molecular flexibility index (Phi) is 6.24. The van der Waals surface area contributed by atoms with E-state index in [1.807, 2.05) is 13.8 Å². The molecule has 0 aliphatic rings. The maximum atomic E-state index is 11.5. The first-order chi connectivity index (χ1) is 9.40. The van der Waals surface area contributed by atoms with Crippen molar-refractivity contribution in [2.45, 2.75) is 20.3 Å². The van der Waals surface area contributed by atoms with Crippen molar-refractivity contribution in [3.05, 3.63) is 33.3 Å². The molecule has 0 aromatic heterocycles. The van der Waals surface area contributed by atoms with Crippen LogP contribution >= 0.6 is 11.6 Å². The van der Waals surface area contributed by atoms with Gasteiger partial charge in [0.25, 0.3) is 5.69 Å². The summed E-state index contributed by atoms with van der Waals surface area (Å²) in [5.74, 6) is 0.312. The molecule has 0 heterocycles. The summed E-state index contributed by atoms with van der Waals surface area (Å²) in [7, 11) is 0. The monoisotopic (exact) mass is 299 g/mol. The van der Waals surface area contributed by atoms with Crippen LogP contribution in [-0.4, -0.2) is 23.9 Å². The third-order valence-corrected chi connectivity index (χ3v) is 2.77. The molecule has 110 valence electrons. The van der Waals surface area contributed by atoms with Gasteiger partial charge in [-0.15, -0.1) is 0 Å². The number of carbonyl (C=O) groups is 1. The van der Waals surface area contributed by atoms with Crippen LogP contribution in [0, 0.1) is 16.0 Å². The molecule has 1 amide bonds. The van der Waals surface area contributed by atoms with Crippen LogP contribution in [0.15, 0.2) is 18.2 Å². The molecule has 1 rings (SSSR count). The fraction of sp³-hybridized carbons (Fsp3) is 0.462. The number of rotatable bonds is 7. The minimum absolute atomic E-state index is 0.0807. The first-order valence-electron chi connectivity index (χ1n) is 6.34. The van der Waals surface area contributed by atoms with E-state index in [1.54, 1.807) is 6.07 Å². The summed E-state index contributed by atoms with van der Waals surface area (Å²) in [6.07, 6.45) is 0.256. The number of nitro benzene ring substituents is 1. The maximum absolute atomic E-state index is 11.5. The predicted molar refractivity (Wildman–Crippen MR) is 79.1 cm³/mol.